The minimum absolute atomic E-state index is 0. The van der Waals surface area contributed by atoms with Gasteiger partial charge in [0.05, 0.1) is 16.4 Å². The van der Waals surface area contributed by atoms with Crippen molar-refractivity contribution in [1.29, 1.82) is 0 Å². The molecule has 0 atom stereocenters. The van der Waals surface area contributed by atoms with E-state index >= 15 is 0 Å². The summed E-state index contributed by atoms with van der Waals surface area (Å²) in [6, 6.07) is 12.2. The SMILES string of the molecule is Cl.NC(=O)N(c1ccccc1)c1cc(C(=O)N=C(N)N)ccc1Cl. The van der Waals surface area contributed by atoms with E-state index in [0.29, 0.717) is 5.69 Å². The van der Waals surface area contributed by atoms with Crippen LogP contribution in [-0.2, 0) is 0 Å². The van der Waals surface area contributed by atoms with Crippen molar-refractivity contribution in [3.63, 3.8) is 0 Å². The lowest BCUT2D eigenvalue weighted by Crippen LogP contribution is -2.31. The van der Waals surface area contributed by atoms with Gasteiger partial charge in [-0.2, -0.15) is 4.99 Å². The molecule has 0 fully saturated rings. The summed E-state index contributed by atoms with van der Waals surface area (Å²) in [6.45, 7) is 0. The highest BCUT2D eigenvalue weighted by Crippen LogP contribution is 2.32. The number of benzene rings is 2. The number of carbonyl (C=O) groups excluding carboxylic acids is 2. The third-order valence-electron chi connectivity index (χ3n) is 2.90. The van der Waals surface area contributed by atoms with Gasteiger partial charge in [0, 0.05) is 5.56 Å². The van der Waals surface area contributed by atoms with Crippen LogP contribution in [0, 0.1) is 0 Å². The molecular weight excluding hydrogens is 353 g/mol. The lowest BCUT2D eigenvalue weighted by molar-refractivity contribution is 0.100. The van der Waals surface area contributed by atoms with Gasteiger partial charge in [-0.25, -0.2) is 4.79 Å². The molecule has 2 rings (SSSR count). The second-order valence-electron chi connectivity index (χ2n) is 4.52. The molecule has 7 nitrogen and oxygen atoms in total. The number of hydrogen-bond acceptors (Lipinski definition) is 2. The first-order valence-electron chi connectivity index (χ1n) is 6.48. The molecular formula is C15H15Cl2N5O2. The first kappa shape index (κ1) is 19.3. The van der Waals surface area contributed by atoms with Crippen LogP contribution in [0.4, 0.5) is 16.2 Å². The average Bonchev–Trinajstić information content (AvgIpc) is 2.49. The maximum Gasteiger partial charge on any atom is 0.323 e. The Morgan fingerprint density at radius 3 is 2.17 bits per heavy atom. The van der Waals surface area contributed by atoms with Crippen LogP contribution >= 0.6 is 24.0 Å². The number of nitrogens with zero attached hydrogens (tertiary/aromatic N) is 2. The van der Waals surface area contributed by atoms with Crippen molar-refractivity contribution < 1.29 is 9.59 Å². The van der Waals surface area contributed by atoms with E-state index in [1.54, 1.807) is 30.3 Å². The fourth-order valence-electron chi connectivity index (χ4n) is 1.96. The highest BCUT2D eigenvalue weighted by atomic mass is 35.5. The van der Waals surface area contributed by atoms with Gasteiger partial charge in [0.25, 0.3) is 5.91 Å². The number of guanidine groups is 1. The zero-order valence-electron chi connectivity index (χ0n) is 12.3. The first-order chi connectivity index (χ1) is 10.9. The van der Waals surface area contributed by atoms with Gasteiger partial charge in [0.15, 0.2) is 5.96 Å². The fraction of sp³-hybridized carbons (Fsp3) is 0. The Kier molecular flexibility index (Phi) is 6.58. The Morgan fingerprint density at radius 1 is 1.00 bits per heavy atom. The summed E-state index contributed by atoms with van der Waals surface area (Å²) in [4.78, 5) is 28.4. The van der Waals surface area contributed by atoms with Crippen molar-refractivity contribution in [3.8, 4) is 0 Å². The Labute approximate surface area is 149 Å². The number of amides is 3. The molecule has 0 spiro atoms. The first-order valence-corrected chi connectivity index (χ1v) is 6.86. The van der Waals surface area contributed by atoms with Crippen molar-refractivity contribution >= 4 is 53.3 Å². The predicted octanol–water partition coefficient (Wildman–Crippen LogP) is 2.39. The zero-order chi connectivity index (χ0) is 17.0. The summed E-state index contributed by atoms with van der Waals surface area (Å²) >= 11 is 6.15. The number of anilines is 2. The largest absolute Gasteiger partial charge is 0.370 e. The number of urea groups is 1. The summed E-state index contributed by atoms with van der Waals surface area (Å²) in [5.74, 6) is -1.01. The van der Waals surface area contributed by atoms with Crippen LogP contribution in [0.5, 0.6) is 0 Å². The van der Waals surface area contributed by atoms with Gasteiger partial charge in [-0.05, 0) is 30.3 Å². The molecule has 0 aliphatic heterocycles. The molecule has 0 heterocycles. The van der Waals surface area contributed by atoms with Gasteiger partial charge in [0.2, 0.25) is 0 Å². The van der Waals surface area contributed by atoms with Gasteiger partial charge in [-0.3, -0.25) is 9.69 Å². The van der Waals surface area contributed by atoms with Gasteiger partial charge >= 0.3 is 6.03 Å². The van der Waals surface area contributed by atoms with E-state index in [2.05, 4.69) is 4.99 Å². The third kappa shape index (κ3) is 4.37. The summed E-state index contributed by atoms with van der Waals surface area (Å²) in [7, 11) is 0. The van der Waals surface area contributed by atoms with Crippen molar-refractivity contribution in [2.24, 2.45) is 22.2 Å². The Bertz CT molecular complexity index is 777. The maximum absolute atomic E-state index is 11.9. The second-order valence-corrected chi connectivity index (χ2v) is 4.92. The zero-order valence-corrected chi connectivity index (χ0v) is 13.9. The van der Waals surface area contributed by atoms with Gasteiger partial charge in [0.1, 0.15) is 0 Å². The Morgan fingerprint density at radius 2 is 1.62 bits per heavy atom. The maximum atomic E-state index is 11.9. The lowest BCUT2D eigenvalue weighted by Gasteiger charge is -2.22. The quantitative estimate of drug-likeness (QED) is 0.568. The molecule has 6 N–H and O–H groups in total. The van der Waals surface area contributed by atoms with Gasteiger partial charge in [-0.1, -0.05) is 29.8 Å². The normalized spacial score (nSPS) is 9.54. The number of hydrogen-bond donors (Lipinski definition) is 3. The number of aliphatic imine (C=N–C) groups is 1. The molecule has 0 unspecified atom stereocenters. The summed E-state index contributed by atoms with van der Waals surface area (Å²) < 4.78 is 0. The number of primary amides is 1. The van der Waals surface area contributed by atoms with E-state index in [4.69, 9.17) is 28.8 Å². The van der Waals surface area contributed by atoms with Crippen LogP contribution in [0.25, 0.3) is 0 Å². The standard InChI is InChI=1S/C15H14ClN5O2.ClH/c16-11-7-6-9(13(22)20-14(17)18)8-12(11)21(15(19)23)10-4-2-1-3-5-10;/h1-8H,(H2,19,23)(H4,17,18,20,22);1H. The molecule has 2 aromatic rings. The van der Waals surface area contributed by atoms with Crippen molar-refractivity contribution in [3.05, 3.63) is 59.1 Å². The topological polar surface area (TPSA) is 128 Å². The van der Waals surface area contributed by atoms with Crippen LogP contribution < -0.4 is 22.1 Å². The van der Waals surface area contributed by atoms with Crippen molar-refractivity contribution in [1.82, 2.24) is 0 Å². The van der Waals surface area contributed by atoms with Crippen LogP contribution in [0.3, 0.4) is 0 Å². The van der Waals surface area contributed by atoms with E-state index in [9.17, 15) is 9.59 Å². The highest BCUT2D eigenvalue weighted by Gasteiger charge is 2.19. The van der Waals surface area contributed by atoms with E-state index in [0.717, 1.165) is 0 Å². The van der Waals surface area contributed by atoms with Gasteiger partial charge < -0.3 is 17.2 Å². The fourth-order valence-corrected chi connectivity index (χ4v) is 2.16. The number of rotatable bonds is 3. The lowest BCUT2D eigenvalue weighted by atomic mass is 10.1. The number of para-hydroxylation sites is 1. The Balaban J connectivity index is 0.00000288. The summed E-state index contributed by atoms with van der Waals surface area (Å²) in [6.07, 6.45) is 0. The van der Waals surface area contributed by atoms with E-state index < -0.39 is 11.9 Å². The van der Waals surface area contributed by atoms with Crippen LogP contribution in [0.1, 0.15) is 10.4 Å². The second kappa shape index (κ2) is 8.19. The molecule has 0 saturated heterocycles. The van der Waals surface area contributed by atoms with Crippen LogP contribution in [0.15, 0.2) is 53.5 Å². The highest BCUT2D eigenvalue weighted by molar-refractivity contribution is 6.34. The molecule has 3 amide bonds. The minimum Gasteiger partial charge on any atom is -0.370 e. The monoisotopic (exact) mass is 367 g/mol. The molecule has 0 bridgehead atoms. The van der Waals surface area contributed by atoms with Crippen molar-refractivity contribution in [2.45, 2.75) is 0 Å². The van der Waals surface area contributed by atoms with E-state index in [1.807, 2.05) is 0 Å². The molecule has 0 aromatic heterocycles. The predicted molar refractivity (Wildman–Crippen MR) is 97.0 cm³/mol. The molecule has 24 heavy (non-hydrogen) atoms. The molecule has 0 aliphatic carbocycles. The summed E-state index contributed by atoms with van der Waals surface area (Å²) in [5.41, 5.74) is 16.8. The smallest absolute Gasteiger partial charge is 0.323 e. The molecule has 126 valence electrons. The third-order valence-corrected chi connectivity index (χ3v) is 3.22. The Hall–Kier alpha value is -2.77. The molecule has 9 heteroatoms. The van der Waals surface area contributed by atoms with Crippen LogP contribution in [0.2, 0.25) is 5.02 Å². The van der Waals surface area contributed by atoms with E-state index in [-0.39, 0.29) is 34.6 Å². The average molecular weight is 368 g/mol. The van der Waals surface area contributed by atoms with E-state index in [1.165, 1.54) is 23.1 Å². The molecule has 2 aromatic carbocycles. The van der Waals surface area contributed by atoms with Crippen LogP contribution in [-0.4, -0.2) is 17.9 Å². The molecule has 0 radical (unpaired) electrons. The number of carbonyl (C=O) groups is 2. The van der Waals surface area contributed by atoms with Crippen molar-refractivity contribution in [2.75, 3.05) is 4.90 Å². The molecule has 0 saturated carbocycles. The summed E-state index contributed by atoms with van der Waals surface area (Å²) in [5, 5.41) is 0.244. The number of halogens is 2. The number of nitrogens with two attached hydrogens (primary N) is 3. The van der Waals surface area contributed by atoms with Gasteiger partial charge in [-0.15, -0.1) is 12.4 Å². The minimum atomic E-state index is -0.746. The molecule has 0 aliphatic rings.